The summed E-state index contributed by atoms with van der Waals surface area (Å²) in [6.07, 6.45) is -4.44. The fourth-order valence-corrected chi connectivity index (χ4v) is 3.15. The van der Waals surface area contributed by atoms with Crippen molar-refractivity contribution in [2.24, 2.45) is 0 Å². The largest absolute Gasteiger partial charge is 0.416 e. The third-order valence-electron chi connectivity index (χ3n) is 4.32. The number of hydrogen-bond acceptors (Lipinski definition) is 3. The maximum Gasteiger partial charge on any atom is 0.416 e. The molecule has 1 aromatic heterocycles. The van der Waals surface area contributed by atoms with Gasteiger partial charge in [0.05, 0.1) is 23.0 Å². The van der Waals surface area contributed by atoms with Crippen molar-refractivity contribution in [3.63, 3.8) is 0 Å². The molecule has 0 atom stereocenters. The summed E-state index contributed by atoms with van der Waals surface area (Å²) >= 11 is 5.16. The van der Waals surface area contributed by atoms with Gasteiger partial charge in [0.25, 0.3) is 11.5 Å². The lowest BCUT2D eigenvalue weighted by atomic mass is 10.1. The van der Waals surface area contributed by atoms with Crippen LogP contribution in [0.4, 0.5) is 13.2 Å². The first-order chi connectivity index (χ1) is 14.2. The minimum Gasteiger partial charge on any atom is -0.341 e. The number of carbonyl (C=O) groups is 1. The molecule has 0 aliphatic heterocycles. The number of H-pyrrole nitrogens is 1. The molecular formula is C21H16F3N3O2S. The van der Waals surface area contributed by atoms with Crippen molar-refractivity contribution in [3.05, 3.63) is 74.3 Å². The predicted molar refractivity (Wildman–Crippen MR) is 110 cm³/mol. The number of carbonyl (C=O) groups excluding carboxylic acids is 1. The van der Waals surface area contributed by atoms with Crippen LogP contribution in [0, 0.1) is 16.6 Å². The Balaban J connectivity index is 1.73. The molecule has 1 amide bonds. The maximum atomic E-state index is 12.7. The van der Waals surface area contributed by atoms with E-state index in [-0.39, 0.29) is 22.4 Å². The minimum absolute atomic E-state index is 0.0550. The molecule has 9 heteroatoms. The van der Waals surface area contributed by atoms with Crippen molar-refractivity contribution >= 4 is 29.0 Å². The number of aromatic nitrogens is 2. The summed E-state index contributed by atoms with van der Waals surface area (Å²) in [6, 6.07) is 9.21. The molecule has 3 aromatic rings. The van der Waals surface area contributed by atoms with Crippen LogP contribution < -0.4 is 10.9 Å². The zero-order chi connectivity index (χ0) is 21.9. The van der Waals surface area contributed by atoms with Crippen LogP contribution in [0.15, 0.2) is 47.3 Å². The molecule has 0 aliphatic carbocycles. The van der Waals surface area contributed by atoms with Crippen molar-refractivity contribution in [1.82, 2.24) is 14.9 Å². The van der Waals surface area contributed by atoms with E-state index in [1.807, 2.05) is 0 Å². The Kier molecular flexibility index (Phi) is 6.08. The summed E-state index contributed by atoms with van der Waals surface area (Å²) in [7, 11) is 0. The monoisotopic (exact) mass is 431 g/mol. The molecular weight excluding hydrogens is 415 g/mol. The summed E-state index contributed by atoms with van der Waals surface area (Å²) in [5.74, 6) is 4.78. The van der Waals surface area contributed by atoms with E-state index < -0.39 is 17.6 Å². The van der Waals surface area contributed by atoms with E-state index >= 15 is 0 Å². The van der Waals surface area contributed by atoms with Crippen LogP contribution in [-0.4, -0.2) is 22.0 Å². The molecule has 30 heavy (non-hydrogen) atoms. The zero-order valence-electron chi connectivity index (χ0n) is 15.8. The summed E-state index contributed by atoms with van der Waals surface area (Å²) in [6.45, 7) is 2.18. The Hall–Kier alpha value is -3.38. The van der Waals surface area contributed by atoms with E-state index in [9.17, 15) is 22.8 Å². The van der Waals surface area contributed by atoms with Gasteiger partial charge in [0.2, 0.25) is 0 Å². The molecule has 0 radical (unpaired) electrons. The molecule has 0 fully saturated rings. The fraction of sp³-hybridized carbons (Fsp3) is 0.190. The van der Waals surface area contributed by atoms with Crippen molar-refractivity contribution in [3.8, 4) is 11.8 Å². The van der Waals surface area contributed by atoms with Crippen molar-refractivity contribution < 1.29 is 18.0 Å². The van der Waals surface area contributed by atoms with E-state index in [1.165, 1.54) is 28.8 Å². The van der Waals surface area contributed by atoms with Gasteiger partial charge in [-0.05, 0) is 55.5 Å². The van der Waals surface area contributed by atoms with Gasteiger partial charge in [0.1, 0.15) is 0 Å². The molecule has 154 valence electrons. The van der Waals surface area contributed by atoms with Gasteiger partial charge in [-0.25, -0.2) is 0 Å². The zero-order valence-corrected chi connectivity index (χ0v) is 16.6. The summed E-state index contributed by atoms with van der Waals surface area (Å²) < 4.78 is 39.8. The van der Waals surface area contributed by atoms with Crippen LogP contribution in [0.25, 0.3) is 10.9 Å². The SMILES string of the molecule is CCn1c(=S)[nH]c2cc(C(=O)NCC#Cc3cccc(C(F)(F)F)c3)ccc2c1=O. The highest BCUT2D eigenvalue weighted by Crippen LogP contribution is 2.29. The molecule has 0 bridgehead atoms. The van der Waals surface area contributed by atoms with Gasteiger partial charge in [0, 0.05) is 17.7 Å². The van der Waals surface area contributed by atoms with Crippen LogP contribution in [0.1, 0.15) is 28.4 Å². The van der Waals surface area contributed by atoms with Gasteiger partial charge >= 0.3 is 6.18 Å². The Bertz CT molecular complexity index is 1300. The Morgan fingerprint density at radius 3 is 2.70 bits per heavy atom. The number of benzene rings is 2. The highest BCUT2D eigenvalue weighted by atomic mass is 32.1. The Morgan fingerprint density at radius 2 is 2.00 bits per heavy atom. The van der Waals surface area contributed by atoms with E-state index in [1.54, 1.807) is 13.0 Å². The molecule has 2 N–H and O–H groups in total. The number of amides is 1. The maximum absolute atomic E-state index is 12.7. The quantitative estimate of drug-likeness (QED) is 0.489. The highest BCUT2D eigenvalue weighted by molar-refractivity contribution is 7.71. The number of halogens is 3. The van der Waals surface area contributed by atoms with E-state index in [0.717, 1.165) is 12.1 Å². The van der Waals surface area contributed by atoms with Gasteiger partial charge in [-0.15, -0.1) is 0 Å². The van der Waals surface area contributed by atoms with Gasteiger partial charge in [-0.2, -0.15) is 13.2 Å². The average Bonchev–Trinajstić information content (AvgIpc) is 2.70. The number of aromatic amines is 1. The Labute approximate surface area is 174 Å². The van der Waals surface area contributed by atoms with Crippen LogP contribution >= 0.6 is 12.2 Å². The number of fused-ring (bicyclic) bond motifs is 1. The predicted octanol–water partition coefficient (Wildman–Crippen LogP) is 3.88. The smallest absolute Gasteiger partial charge is 0.341 e. The first-order valence-electron chi connectivity index (χ1n) is 8.92. The third-order valence-corrected chi connectivity index (χ3v) is 4.64. The summed E-state index contributed by atoms with van der Waals surface area (Å²) in [5, 5.41) is 2.98. The summed E-state index contributed by atoms with van der Waals surface area (Å²) in [4.78, 5) is 27.6. The molecule has 0 unspecified atom stereocenters. The molecule has 0 spiro atoms. The standard InChI is InChI=1S/C21H16F3N3O2S/c1-2-27-19(29)16-9-8-14(12-17(16)26-20(27)30)18(28)25-10-4-6-13-5-3-7-15(11-13)21(22,23)24/h3,5,7-9,11-12H,2,10H2,1H3,(H,25,28)(H,26,30). The lowest BCUT2D eigenvalue weighted by Gasteiger charge is -2.07. The molecule has 1 heterocycles. The lowest BCUT2D eigenvalue weighted by molar-refractivity contribution is -0.137. The second-order valence-corrected chi connectivity index (χ2v) is 6.69. The first kappa shape index (κ1) is 21.3. The number of hydrogen-bond donors (Lipinski definition) is 2. The molecule has 2 aromatic carbocycles. The second kappa shape index (κ2) is 8.55. The van der Waals surface area contributed by atoms with Crippen LogP contribution in [0.3, 0.4) is 0 Å². The van der Waals surface area contributed by atoms with Crippen LogP contribution in [0.2, 0.25) is 0 Å². The van der Waals surface area contributed by atoms with E-state index in [2.05, 4.69) is 22.1 Å². The minimum atomic E-state index is -4.44. The van der Waals surface area contributed by atoms with Gasteiger partial charge in [-0.1, -0.05) is 17.9 Å². The number of alkyl halides is 3. The molecule has 0 saturated heterocycles. The van der Waals surface area contributed by atoms with Gasteiger partial charge in [0.15, 0.2) is 4.77 Å². The highest BCUT2D eigenvalue weighted by Gasteiger charge is 2.30. The number of rotatable bonds is 3. The molecule has 3 rings (SSSR count). The topological polar surface area (TPSA) is 66.9 Å². The van der Waals surface area contributed by atoms with Crippen molar-refractivity contribution in [2.45, 2.75) is 19.6 Å². The average molecular weight is 431 g/mol. The first-order valence-corrected chi connectivity index (χ1v) is 9.32. The number of nitrogens with one attached hydrogen (secondary N) is 2. The van der Waals surface area contributed by atoms with Crippen LogP contribution in [0.5, 0.6) is 0 Å². The Morgan fingerprint density at radius 1 is 1.23 bits per heavy atom. The normalized spacial score (nSPS) is 11.1. The molecule has 0 aliphatic rings. The number of nitrogens with zero attached hydrogens (tertiary/aromatic N) is 1. The van der Waals surface area contributed by atoms with Gasteiger partial charge in [-0.3, -0.25) is 14.2 Å². The van der Waals surface area contributed by atoms with Crippen molar-refractivity contribution in [2.75, 3.05) is 6.54 Å². The molecule has 0 saturated carbocycles. The summed E-state index contributed by atoms with van der Waals surface area (Å²) in [5.41, 5.74) is -0.0891. The molecule has 5 nitrogen and oxygen atoms in total. The van der Waals surface area contributed by atoms with E-state index in [4.69, 9.17) is 12.2 Å². The second-order valence-electron chi connectivity index (χ2n) is 6.30. The lowest BCUT2D eigenvalue weighted by Crippen LogP contribution is -2.24. The van der Waals surface area contributed by atoms with E-state index in [0.29, 0.717) is 23.0 Å². The van der Waals surface area contributed by atoms with Gasteiger partial charge < -0.3 is 10.3 Å². The van der Waals surface area contributed by atoms with Crippen molar-refractivity contribution in [1.29, 1.82) is 0 Å². The van der Waals surface area contributed by atoms with Crippen LogP contribution in [-0.2, 0) is 12.7 Å². The fourth-order valence-electron chi connectivity index (χ4n) is 2.83. The third kappa shape index (κ3) is 4.60.